The van der Waals surface area contributed by atoms with Gasteiger partial charge < -0.3 is 20.5 Å². The van der Waals surface area contributed by atoms with Crippen molar-refractivity contribution >= 4 is 16.6 Å². The number of H-pyrrole nitrogens is 1. The van der Waals surface area contributed by atoms with Crippen molar-refractivity contribution < 1.29 is 18.6 Å². The Labute approximate surface area is 158 Å². The van der Waals surface area contributed by atoms with E-state index in [2.05, 4.69) is 4.98 Å². The van der Waals surface area contributed by atoms with Gasteiger partial charge in [0.1, 0.15) is 17.4 Å². The van der Waals surface area contributed by atoms with Crippen LogP contribution < -0.4 is 26.6 Å². The van der Waals surface area contributed by atoms with Gasteiger partial charge in [0.15, 0.2) is 11.6 Å². The highest BCUT2D eigenvalue weighted by Crippen LogP contribution is 2.43. The Morgan fingerprint density at radius 2 is 2.11 bits per heavy atom. The molecule has 2 aromatic rings. The van der Waals surface area contributed by atoms with Gasteiger partial charge in [-0.25, -0.2) is 13.6 Å². The minimum atomic E-state index is -1.35. The van der Waals surface area contributed by atoms with Crippen molar-refractivity contribution in [3.8, 4) is 5.75 Å². The molecule has 1 aromatic carbocycles. The standard InChI is InChI=1S/C18H22F2N4O4/c1-28-16-14-9(17(26)22-18(27)24(14)8-2-3-8)4-11(19)15(16)23-5-10(12(20)6-23)13(21)7-25/h4,8,10,12-13,25H,2-3,5-7,21H2,1H3,(H,22,26,27). The molecule has 1 saturated carbocycles. The van der Waals surface area contributed by atoms with Crippen molar-refractivity contribution in [3.63, 3.8) is 0 Å². The van der Waals surface area contributed by atoms with Crippen LogP contribution in [-0.2, 0) is 0 Å². The van der Waals surface area contributed by atoms with Gasteiger partial charge >= 0.3 is 5.69 Å². The van der Waals surface area contributed by atoms with E-state index < -0.39 is 35.2 Å². The second-order valence-corrected chi connectivity index (χ2v) is 7.43. The lowest BCUT2D eigenvalue weighted by Crippen LogP contribution is -2.39. The summed E-state index contributed by atoms with van der Waals surface area (Å²) in [4.78, 5) is 28.3. The molecule has 4 N–H and O–H groups in total. The molecule has 0 amide bonds. The molecule has 0 bridgehead atoms. The number of halogens is 2. The molecule has 1 aliphatic carbocycles. The normalized spacial score (nSPS) is 23.4. The Morgan fingerprint density at radius 1 is 1.39 bits per heavy atom. The van der Waals surface area contributed by atoms with E-state index in [9.17, 15) is 19.1 Å². The number of benzene rings is 1. The van der Waals surface area contributed by atoms with Crippen LogP contribution in [0.3, 0.4) is 0 Å². The van der Waals surface area contributed by atoms with Crippen LogP contribution >= 0.6 is 0 Å². The predicted octanol–water partition coefficient (Wildman–Crippen LogP) is 0.266. The number of methoxy groups -OCH3 is 1. The molecular formula is C18H22F2N4O4. The lowest BCUT2D eigenvalue weighted by Gasteiger charge is -2.24. The molecule has 4 rings (SSSR count). The van der Waals surface area contributed by atoms with Crippen LogP contribution in [0.5, 0.6) is 5.75 Å². The molecule has 28 heavy (non-hydrogen) atoms. The quantitative estimate of drug-likeness (QED) is 0.669. The number of hydrogen-bond donors (Lipinski definition) is 3. The number of fused-ring (bicyclic) bond motifs is 1. The molecule has 0 spiro atoms. The zero-order valence-corrected chi connectivity index (χ0v) is 15.3. The molecule has 8 nitrogen and oxygen atoms in total. The van der Waals surface area contributed by atoms with Crippen LogP contribution in [0.4, 0.5) is 14.5 Å². The van der Waals surface area contributed by atoms with E-state index in [1.807, 2.05) is 0 Å². The fraction of sp³-hybridized carbons (Fsp3) is 0.556. The van der Waals surface area contributed by atoms with Gasteiger partial charge in [-0.3, -0.25) is 14.3 Å². The summed E-state index contributed by atoms with van der Waals surface area (Å²) in [7, 11) is 1.32. The SMILES string of the molecule is COc1c(N2CC(F)C(C(N)CO)C2)c(F)cc2c(=O)[nH]c(=O)n(C3CC3)c12. The van der Waals surface area contributed by atoms with E-state index in [0.717, 1.165) is 18.9 Å². The number of anilines is 1. The molecule has 1 aromatic heterocycles. The maximum absolute atomic E-state index is 15.0. The van der Waals surface area contributed by atoms with Crippen LogP contribution in [0.2, 0.25) is 0 Å². The lowest BCUT2D eigenvalue weighted by atomic mass is 9.99. The largest absolute Gasteiger partial charge is 0.492 e. The summed E-state index contributed by atoms with van der Waals surface area (Å²) in [6, 6.07) is 0.181. The number of nitrogens with one attached hydrogen (secondary N) is 1. The van der Waals surface area contributed by atoms with Gasteiger partial charge in [-0.15, -0.1) is 0 Å². The minimum Gasteiger partial charge on any atom is -0.492 e. The third kappa shape index (κ3) is 2.87. The number of rotatable bonds is 5. The Balaban J connectivity index is 1.93. The van der Waals surface area contributed by atoms with E-state index in [1.54, 1.807) is 0 Å². The monoisotopic (exact) mass is 396 g/mol. The van der Waals surface area contributed by atoms with Crippen LogP contribution in [0.1, 0.15) is 18.9 Å². The number of nitrogens with zero attached hydrogens (tertiary/aromatic N) is 2. The first-order chi connectivity index (χ1) is 13.4. The number of alkyl halides is 1. The Kier molecular flexibility index (Phi) is 4.62. The topological polar surface area (TPSA) is 114 Å². The molecule has 2 aliphatic rings. The van der Waals surface area contributed by atoms with E-state index >= 15 is 4.39 Å². The lowest BCUT2D eigenvalue weighted by molar-refractivity contribution is 0.184. The van der Waals surface area contributed by atoms with Crippen molar-refractivity contribution in [2.24, 2.45) is 11.7 Å². The third-order valence-corrected chi connectivity index (χ3v) is 5.59. The molecule has 2 heterocycles. The molecule has 152 valence electrons. The van der Waals surface area contributed by atoms with Gasteiger partial charge in [-0.05, 0) is 18.9 Å². The first-order valence-corrected chi connectivity index (χ1v) is 9.17. The highest BCUT2D eigenvalue weighted by Gasteiger charge is 2.39. The highest BCUT2D eigenvalue weighted by atomic mass is 19.1. The fourth-order valence-corrected chi connectivity index (χ4v) is 4.02. The summed E-state index contributed by atoms with van der Waals surface area (Å²) in [5.41, 5.74) is 4.70. The van der Waals surface area contributed by atoms with E-state index in [-0.39, 0.29) is 48.1 Å². The average molecular weight is 396 g/mol. The molecule has 1 aliphatic heterocycles. The number of ether oxygens (including phenoxy) is 1. The van der Waals surface area contributed by atoms with Crippen LogP contribution in [-0.4, -0.2) is 53.7 Å². The van der Waals surface area contributed by atoms with Crippen molar-refractivity contribution in [1.82, 2.24) is 9.55 Å². The smallest absolute Gasteiger partial charge is 0.329 e. The van der Waals surface area contributed by atoms with Crippen LogP contribution in [0.15, 0.2) is 15.7 Å². The van der Waals surface area contributed by atoms with Gasteiger partial charge in [-0.1, -0.05) is 0 Å². The predicted molar refractivity (Wildman–Crippen MR) is 99.3 cm³/mol. The summed E-state index contributed by atoms with van der Waals surface area (Å²) in [5.74, 6) is -1.40. The summed E-state index contributed by atoms with van der Waals surface area (Å²) in [6.45, 7) is -0.431. The first kappa shape index (κ1) is 18.9. The maximum atomic E-state index is 15.0. The van der Waals surface area contributed by atoms with E-state index in [4.69, 9.17) is 10.5 Å². The molecule has 3 atom stereocenters. The third-order valence-electron chi connectivity index (χ3n) is 5.59. The minimum absolute atomic E-state index is 0.00389. The molecule has 10 heteroatoms. The number of aromatic amines is 1. The highest BCUT2D eigenvalue weighted by molar-refractivity contribution is 5.91. The van der Waals surface area contributed by atoms with E-state index in [0.29, 0.717) is 0 Å². The summed E-state index contributed by atoms with van der Waals surface area (Å²) in [5, 5.41) is 9.25. The fourth-order valence-electron chi connectivity index (χ4n) is 4.02. The van der Waals surface area contributed by atoms with Crippen molar-refractivity contribution in [1.29, 1.82) is 0 Å². The first-order valence-electron chi connectivity index (χ1n) is 9.17. The second kappa shape index (κ2) is 6.85. The molecular weight excluding hydrogens is 374 g/mol. The number of nitrogens with two attached hydrogens (primary N) is 1. The van der Waals surface area contributed by atoms with E-state index in [1.165, 1.54) is 16.6 Å². The Morgan fingerprint density at radius 3 is 2.71 bits per heavy atom. The van der Waals surface area contributed by atoms with Crippen LogP contribution in [0.25, 0.3) is 10.9 Å². The number of aliphatic hydroxyl groups excluding tert-OH is 1. The zero-order valence-electron chi connectivity index (χ0n) is 15.3. The van der Waals surface area contributed by atoms with Crippen molar-refractivity contribution in [2.75, 3.05) is 31.7 Å². The summed E-state index contributed by atoms with van der Waals surface area (Å²) in [6.07, 6.45) is 0.174. The molecule has 0 radical (unpaired) electrons. The van der Waals surface area contributed by atoms with Crippen molar-refractivity contribution in [2.45, 2.75) is 31.1 Å². The molecule has 2 fully saturated rings. The average Bonchev–Trinajstić information content (AvgIpc) is 3.42. The number of hydrogen-bond acceptors (Lipinski definition) is 6. The van der Waals surface area contributed by atoms with Crippen molar-refractivity contribution in [3.05, 3.63) is 32.7 Å². The molecule has 1 saturated heterocycles. The van der Waals surface area contributed by atoms with Gasteiger partial charge in [0.25, 0.3) is 5.56 Å². The number of aromatic nitrogens is 2. The molecule has 3 unspecified atom stereocenters. The van der Waals surface area contributed by atoms with Gasteiger partial charge in [0.05, 0.1) is 19.1 Å². The van der Waals surface area contributed by atoms with Crippen LogP contribution in [0, 0.1) is 11.7 Å². The van der Waals surface area contributed by atoms with Gasteiger partial charge in [0, 0.05) is 31.1 Å². The summed E-state index contributed by atoms with van der Waals surface area (Å²) < 4.78 is 36.4. The number of aliphatic hydroxyl groups is 1. The van der Waals surface area contributed by atoms with Gasteiger partial charge in [0.2, 0.25) is 0 Å². The Hall–Kier alpha value is -2.46. The zero-order chi connectivity index (χ0) is 20.2. The summed E-state index contributed by atoms with van der Waals surface area (Å²) >= 11 is 0. The maximum Gasteiger partial charge on any atom is 0.329 e. The van der Waals surface area contributed by atoms with Gasteiger partial charge in [-0.2, -0.15) is 0 Å². The Bertz CT molecular complexity index is 1030. The second-order valence-electron chi connectivity index (χ2n) is 7.43.